The van der Waals surface area contributed by atoms with Crippen LogP contribution < -0.4 is 0 Å². The van der Waals surface area contributed by atoms with Crippen LogP contribution in [0, 0.1) is 22.7 Å². The largest absolute Gasteiger partial charge is 0.392 e. The Bertz CT molecular complexity index is 625. The Morgan fingerprint density at radius 1 is 1.13 bits per heavy atom. The number of aliphatic hydroxyl groups excluding tert-OH is 2. The van der Waals surface area contributed by atoms with Gasteiger partial charge < -0.3 is 29.5 Å². The summed E-state index contributed by atoms with van der Waals surface area (Å²) in [7, 11) is 0. The van der Waals surface area contributed by atoms with Crippen molar-refractivity contribution >= 4 is 0 Å². The van der Waals surface area contributed by atoms with Gasteiger partial charge in [0, 0.05) is 18.6 Å². The number of ether oxygens (including phenoxy) is 3. The first-order chi connectivity index (χ1) is 14.1. The molecule has 3 rings (SSSR count). The van der Waals surface area contributed by atoms with Crippen molar-refractivity contribution in [3.8, 4) is 0 Å². The van der Waals surface area contributed by atoms with Gasteiger partial charge in [0.05, 0.1) is 6.10 Å². The molecule has 1 heterocycles. The van der Waals surface area contributed by atoms with E-state index < -0.39 is 24.3 Å². The van der Waals surface area contributed by atoms with Crippen LogP contribution in [0.2, 0.25) is 0 Å². The average Bonchev–Trinajstić information content (AvgIpc) is 2.93. The summed E-state index contributed by atoms with van der Waals surface area (Å²) >= 11 is 0. The minimum absolute atomic E-state index is 0.104. The summed E-state index contributed by atoms with van der Waals surface area (Å²) in [5, 5.41) is 33.4. The Labute approximate surface area is 181 Å². The van der Waals surface area contributed by atoms with Crippen LogP contribution in [0.5, 0.6) is 0 Å². The summed E-state index contributed by atoms with van der Waals surface area (Å²) in [5.41, 5.74) is -0.791. The first-order valence-electron chi connectivity index (χ1n) is 11.7. The molecule has 0 spiro atoms. The van der Waals surface area contributed by atoms with E-state index >= 15 is 0 Å². The zero-order valence-corrected chi connectivity index (χ0v) is 19.4. The first kappa shape index (κ1) is 24.1. The predicted molar refractivity (Wildman–Crippen MR) is 115 cm³/mol. The van der Waals surface area contributed by atoms with Gasteiger partial charge in [-0.2, -0.15) is 0 Å². The minimum Gasteiger partial charge on any atom is -0.392 e. The van der Waals surface area contributed by atoms with Crippen molar-refractivity contribution in [1.82, 2.24) is 0 Å². The Hall–Kier alpha value is -0.500. The van der Waals surface area contributed by atoms with E-state index in [1.807, 2.05) is 13.8 Å². The number of hydrogen-bond donors (Lipinski definition) is 3. The SMILES string of the molecule is C=C1CCC[C@@H]2[C@@](C)(CC[C@]3(O)[C@@H](OCC)O[C@H](OCC)[C@H]3O)[C@H](C)C[C@H](O)[C@@]12C. The van der Waals surface area contributed by atoms with E-state index in [4.69, 9.17) is 14.2 Å². The highest BCUT2D eigenvalue weighted by molar-refractivity contribution is 5.22. The van der Waals surface area contributed by atoms with E-state index in [1.54, 1.807) is 0 Å². The lowest BCUT2D eigenvalue weighted by Gasteiger charge is -2.61. The number of rotatable bonds is 7. The van der Waals surface area contributed by atoms with Crippen LogP contribution in [0.4, 0.5) is 0 Å². The second kappa shape index (κ2) is 8.80. The Kier molecular flexibility index (Phi) is 7.08. The maximum atomic E-state index is 11.5. The van der Waals surface area contributed by atoms with E-state index in [0.717, 1.165) is 31.3 Å². The Morgan fingerprint density at radius 2 is 1.80 bits per heavy atom. The van der Waals surface area contributed by atoms with E-state index in [9.17, 15) is 15.3 Å². The van der Waals surface area contributed by atoms with E-state index in [-0.39, 0.29) is 28.8 Å². The van der Waals surface area contributed by atoms with Gasteiger partial charge in [-0.3, -0.25) is 0 Å². The predicted octanol–water partition coefficient (Wildman–Crippen LogP) is 3.38. The van der Waals surface area contributed by atoms with Crippen LogP contribution in [0.3, 0.4) is 0 Å². The lowest BCUT2D eigenvalue weighted by molar-refractivity contribution is -0.234. The zero-order chi connectivity index (χ0) is 22.3. The molecule has 30 heavy (non-hydrogen) atoms. The number of hydrogen-bond acceptors (Lipinski definition) is 6. The van der Waals surface area contributed by atoms with Crippen LogP contribution in [-0.2, 0) is 14.2 Å². The maximum absolute atomic E-state index is 11.5. The summed E-state index contributed by atoms with van der Waals surface area (Å²) in [5.74, 6) is 0.564. The fraction of sp³-hybridized carbons (Fsp3) is 0.917. The molecule has 6 nitrogen and oxygen atoms in total. The second-order valence-electron chi connectivity index (χ2n) is 10.2. The smallest absolute Gasteiger partial charge is 0.192 e. The van der Waals surface area contributed by atoms with Crippen molar-refractivity contribution in [3.63, 3.8) is 0 Å². The highest BCUT2D eigenvalue weighted by atomic mass is 16.8. The molecule has 6 heteroatoms. The quantitative estimate of drug-likeness (QED) is 0.541. The zero-order valence-electron chi connectivity index (χ0n) is 19.4. The van der Waals surface area contributed by atoms with Gasteiger partial charge in [-0.05, 0) is 69.6 Å². The molecule has 9 atom stereocenters. The molecule has 2 aliphatic carbocycles. The van der Waals surface area contributed by atoms with Crippen molar-refractivity contribution in [1.29, 1.82) is 0 Å². The second-order valence-corrected chi connectivity index (χ2v) is 10.2. The normalized spacial score (nSPS) is 49.3. The van der Waals surface area contributed by atoms with Crippen LogP contribution in [0.1, 0.15) is 73.1 Å². The third-order valence-electron chi connectivity index (χ3n) is 8.80. The van der Waals surface area contributed by atoms with Gasteiger partial charge >= 0.3 is 0 Å². The molecule has 1 saturated heterocycles. The van der Waals surface area contributed by atoms with Gasteiger partial charge in [0.1, 0.15) is 11.7 Å². The summed E-state index contributed by atoms with van der Waals surface area (Å²) in [4.78, 5) is 0. The Balaban J connectivity index is 1.85. The van der Waals surface area contributed by atoms with Crippen molar-refractivity contribution in [2.24, 2.45) is 22.7 Å². The fourth-order valence-corrected chi connectivity index (χ4v) is 6.48. The molecule has 0 aromatic heterocycles. The summed E-state index contributed by atoms with van der Waals surface area (Å²) in [6.07, 6.45) is 1.48. The molecule has 3 aliphatic rings. The molecular formula is C24H42O6. The highest BCUT2D eigenvalue weighted by Crippen LogP contribution is 2.63. The molecule has 0 aromatic rings. The number of fused-ring (bicyclic) bond motifs is 1. The molecular weight excluding hydrogens is 384 g/mol. The van der Waals surface area contributed by atoms with E-state index in [0.29, 0.717) is 26.1 Å². The topological polar surface area (TPSA) is 88.4 Å². The van der Waals surface area contributed by atoms with Gasteiger partial charge in [0.15, 0.2) is 12.6 Å². The Morgan fingerprint density at radius 3 is 2.43 bits per heavy atom. The molecule has 0 amide bonds. The average molecular weight is 427 g/mol. The van der Waals surface area contributed by atoms with Crippen LogP contribution in [0.25, 0.3) is 0 Å². The van der Waals surface area contributed by atoms with E-state index in [1.165, 1.54) is 0 Å². The van der Waals surface area contributed by atoms with Crippen molar-refractivity contribution in [2.75, 3.05) is 13.2 Å². The molecule has 0 bridgehead atoms. The number of aliphatic hydroxyl groups is 3. The molecule has 3 fully saturated rings. The van der Waals surface area contributed by atoms with Crippen LogP contribution in [-0.4, -0.2) is 58.9 Å². The van der Waals surface area contributed by atoms with Gasteiger partial charge in [-0.25, -0.2) is 0 Å². The van der Waals surface area contributed by atoms with Crippen molar-refractivity contribution in [3.05, 3.63) is 12.2 Å². The molecule has 3 N–H and O–H groups in total. The third kappa shape index (κ3) is 3.67. The molecule has 0 radical (unpaired) electrons. The summed E-state index contributed by atoms with van der Waals surface area (Å²) < 4.78 is 16.9. The molecule has 0 unspecified atom stereocenters. The lowest BCUT2D eigenvalue weighted by atomic mass is 9.45. The summed E-state index contributed by atoms with van der Waals surface area (Å²) in [6.45, 7) is 15.4. The van der Waals surface area contributed by atoms with Gasteiger partial charge in [-0.15, -0.1) is 0 Å². The maximum Gasteiger partial charge on any atom is 0.192 e. The van der Waals surface area contributed by atoms with Crippen LogP contribution >= 0.6 is 0 Å². The fourth-order valence-electron chi connectivity index (χ4n) is 6.48. The molecule has 0 aromatic carbocycles. The van der Waals surface area contributed by atoms with Crippen molar-refractivity contribution < 1.29 is 29.5 Å². The van der Waals surface area contributed by atoms with Crippen molar-refractivity contribution in [2.45, 2.75) is 104 Å². The molecule has 2 saturated carbocycles. The monoisotopic (exact) mass is 426 g/mol. The van der Waals surface area contributed by atoms with Gasteiger partial charge in [0.2, 0.25) is 0 Å². The van der Waals surface area contributed by atoms with Gasteiger partial charge in [0.25, 0.3) is 0 Å². The molecule has 1 aliphatic heterocycles. The third-order valence-corrected chi connectivity index (χ3v) is 8.80. The lowest BCUT2D eigenvalue weighted by Crippen LogP contribution is -2.58. The minimum atomic E-state index is -1.53. The highest BCUT2D eigenvalue weighted by Gasteiger charge is 2.61. The van der Waals surface area contributed by atoms with Gasteiger partial charge in [-0.1, -0.05) is 32.9 Å². The first-order valence-corrected chi connectivity index (χ1v) is 11.7. The van der Waals surface area contributed by atoms with Crippen LogP contribution in [0.15, 0.2) is 12.2 Å². The van der Waals surface area contributed by atoms with E-state index in [2.05, 4.69) is 27.4 Å². The standard InChI is InChI=1S/C24H42O6/c1-7-28-20-19(26)24(27,21(30-20)29-8-2)13-12-22(5)16(4)14-18(25)23(6)15(3)10-9-11-17(22)23/h16-21,25-27H,3,7-14H2,1-2,4-6H3/t16-,17-,18+,19-,20+,21+,22+,23+,24-/m1/s1. The molecule has 174 valence electrons. The summed E-state index contributed by atoms with van der Waals surface area (Å²) in [6, 6.07) is 0.